The zero-order chi connectivity index (χ0) is 39.6. The van der Waals surface area contributed by atoms with E-state index in [1.54, 1.807) is 0 Å². The molecule has 0 aliphatic heterocycles. The largest absolute Gasteiger partial charge is 0.438 e. The van der Waals surface area contributed by atoms with Gasteiger partial charge in [-0.2, -0.15) is 0 Å². The SMILES string of the molecule is c1ccc2cc(-c3ccc4c(ccc5cc(N(c6ccc(-c7cnc8ccccc8n7)cc6)c6ccc(-c7ccc8c(n7)oc7ccccc78)cc6)ccc54)c3)ncc2c1. The van der Waals surface area contributed by atoms with E-state index in [9.17, 15) is 0 Å². The van der Waals surface area contributed by atoms with E-state index in [0.717, 1.165) is 89.0 Å². The Balaban J connectivity index is 0.929. The summed E-state index contributed by atoms with van der Waals surface area (Å²) in [4.78, 5) is 21.6. The van der Waals surface area contributed by atoms with Crippen LogP contribution in [0.5, 0.6) is 0 Å². The molecule has 0 unspecified atom stereocenters. The Morgan fingerprint density at radius 1 is 0.350 bits per heavy atom. The molecule has 0 atom stereocenters. The van der Waals surface area contributed by atoms with E-state index in [1.165, 1.54) is 21.5 Å². The van der Waals surface area contributed by atoms with Crippen LogP contribution >= 0.6 is 0 Å². The predicted octanol–water partition coefficient (Wildman–Crippen LogP) is 14.2. The minimum absolute atomic E-state index is 0.640. The molecule has 12 aromatic rings. The lowest BCUT2D eigenvalue weighted by Gasteiger charge is -2.26. The van der Waals surface area contributed by atoms with Gasteiger partial charge in [0.05, 0.1) is 34.3 Å². The summed E-state index contributed by atoms with van der Waals surface area (Å²) < 4.78 is 6.13. The van der Waals surface area contributed by atoms with Crippen molar-refractivity contribution in [1.29, 1.82) is 0 Å². The number of nitrogens with zero attached hydrogens (tertiary/aromatic N) is 5. The van der Waals surface area contributed by atoms with Crippen molar-refractivity contribution in [2.24, 2.45) is 0 Å². The van der Waals surface area contributed by atoms with E-state index >= 15 is 0 Å². The van der Waals surface area contributed by atoms with Gasteiger partial charge in [0.1, 0.15) is 5.58 Å². The van der Waals surface area contributed by atoms with Gasteiger partial charge in [-0.25, -0.2) is 9.97 Å². The summed E-state index contributed by atoms with van der Waals surface area (Å²) >= 11 is 0. The predicted molar refractivity (Wildman–Crippen MR) is 246 cm³/mol. The smallest absolute Gasteiger partial charge is 0.227 e. The van der Waals surface area contributed by atoms with Crippen LogP contribution in [0.15, 0.2) is 205 Å². The Labute approximate surface area is 344 Å². The van der Waals surface area contributed by atoms with Crippen molar-refractivity contribution in [1.82, 2.24) is 19.9 Å². The van der Waals surface area contributed by atoms with Crippen molar-refractivity contribution in [2.45, 2.75) is 0 Å². The van der Waals surface area contributed by atoms with E-state index in [0.29, 0.717) is 5.71 Å². The summed E-state index contributed by atoms with van der Waals surface area (Å²) in [6.07, 6.45) is 3.80. The third kappa shape index (κ3) is 5.81. The maximum Gasteiger partial charge on any atom is 0.227 e. The van der Waals surface area contributed by atoms with Gasteiger partial charge in [-0.3, -0.25) is 9.97 Å². The molecule has 60 heavy (non-hydrogen) atoms. The summed E-state index contributed by atoms with van der Waals surface area (Å²) in [7, 11) is 0. The number of hydrogen-bond donors (Lipinski definition) is 0. The van der Waals surface area contributed by atoms with E-state index in [4.69, 9.17) is 19.4 Å². The molecule has 0 spiro atoms. The van der Waals surface area contributed by atoms with Crippen LogP contribution in [0.3, 0.4) is 0 Å². The van der Waals surface area contributed by atoms with Gasteiger partial charge in [0.25, 0.3) is 0 Å². The minimum Gasteiger partial charge on any atom is -0.438 e. The summed E-state index contributed by atoms with van der Waals surface area (Å²) in [5.41, 5.74) is 12.1. The number of anilines is 3. The maximum absolute atomic E-state index is 6.13. The molecule has 280 valence electrons. The highest BCUT2D eigenvalue weighted by Gasteiger charge is 2.16. The van der Waals surface area contributed by atoms with Gasteiger partial charge >= 0.3 is 0 Å². The third-order valence-corrected chi connectivity index (χ3v) is 11.5. The van der Waals surface area contributed by atoms with E-state index in [-0.39, 0.29) is 0 Å². The van der Waals surface area contributed by atoms with Gasteiger partial charge in [-0.05, 0) is 106 Å². The molecular formula is C54H33N5O. The highest BCUT2D eigenvalue weighted by atomic mass is 16.3. The molecule has 0 saturated heterocycles. The molecule has 0 aliphatic rings. The highest BCUT2D eigenvalue weighted by Crippen LogP contribution is 2.40. The molecule has 0 fully saturated rings. The molecular weight excluding hydrogens is 735 g/mol. The molecule has 6 heteroatoms. The van der Waals surface area contributed by atoms with Gasteiger partial charge in [-0.1, -0.05) is 109 Å². The van der Waals surface area contributed by atoms with Crippen molar-refractivity contribution < 1.29 is 4.42 Å². The quantitative estimate of drug-likeness (QED) is 0.157. The number of para-hydroxylation sites is 3. The minimum atomic E-state index is 0.640. The first-order chi connectivity index (χ1) is 29.7. The Morgan fingerprint density at radius 3 is 1.80 bits per heavy atom. The second-order valence-electron chi connectivity index (χ2n) is 15.1. The zero-order valence-corrected chi connectivity index (χ0v) is 32.2. The zero-order valence-electron chi connectivity index (χ0n) is 32.2. The number of furan rings is 1. The summed E-state index contributed by atoms with van der Waals surface area (Å²) in [6, 6.07) is 65.7. The van der Waals surface area contributed by atoms with Gasteiger partial charge in [-0.15, -0.1) is 0 Å². The van der Waals surface area contributed by atoms with Crippen LogP contribution in [0.4, 0.5) is 17.1 Å². The molecule has 0 bridgehead atoms. The molecule has 4 heterocycles. The van der Waals surface area contributed by atoms with Gasteiger partial charge in [0, 0.05) is 56.1 Å². The summed E-state index contributed by atoms with van der Waals surface area (Å²) in [5, 5.41) is 9.15. The lowest BCUT2D eigenvalue weighted by atomic mass is 9.98. The Hall–Kier alpha value is -8.22. The van der Waals surface area contributed by atoms with Gasteiger partial charge in [0.2, 0.25) is 5.71 Å². The highest BCUT2D eigenvalue weighted by molar-refractivity contribution is 6.10. The number of aromatic nitrogens is 4. The first kappa shape index (κ1) is 33.9. The van der Waals surface area contributed by atoms with Crippen LogP contribution in [0.25, 0.3) is 99.2 Å². The van der Waals surface area contributed by atoms with Crippen molar-refractivity contribution in [3.8, 4) is 33.8 Å². The fourth-order valence-corrected chi connectivity index (χ4v) is 8.47. The van der Waals surface area contributed by atoms with Crippen LogP contribution in [0, 0.1) is 0 Å². The number of pyridine rings is 2. The van der Waals surface area contributed by atoms with Crippen molar-refractivity contribution in [3.63, 3.8) is 0 Å². The number of benzene rings is 8. The summed E-state index contributed by atoms with van der Waals surface area (Å²) in [5.74, 6) is 0. The number of fused-ring (bicyclic) bond motifs is 8. The average molecular weight is 768 g/mol. The maximum atomic E-state index is 6.13. The molecule has 0 radical (unpaired) electrons. The van der Waals surface area contributed by atoms with Crippen molar-refractivity contribution in [2.75, 3.05) is 4.90 Å². The molecule has 4 aromatic heterocycles. The van der Waals surface area contributed by atoms with E-state index in [1.807, 2.05) is 60.9 Å². The Kier molecular flexibility index (Phi) is 7.74. The van der Waals surface area contributed by atoms with Crippen LogP contribution in [0.2, 0.25) is 0 Å². The molecule has 0 aliphatic carbocycles. The van der Waals surface area contributed by atoms with Crippen molar-refractivity contribution >= 4 is 82.5 Å². The standard InChI is InChI=1S/C54H33N5O/c1-2-8-40-32-55-51(31-36(40)7-1)39-19-25-44-37(29-39)13-14-38-30-43(24-26-45(38)44)59(42-22-17-35(18-23-42)52-33-56-49-10-4-5-11-50(49)57-52)41-20-15-34(16-21-41)48-28-27-47-46-9-3-6-12-53(46)60-54(47)58-48/h1-33H. The average Bonchev–Trinajstić information content (AvgIpc) is 3.69. The first-order valence-corrected chi connectivity index (χ1v) is 20.0. The molecule has 8 aromatic carbocycles. The molecule has 6 nitrogen and oxygen atoms in total. The molecule has 12 rings (SSSR count). The van der Waals surface area contributed by atoms with Gasteiger partial charge < -0.3 is 9.32 Å². The summed E-state index contributed by atoms with van der Waals surface area (Å²) in [6.45, 7) is 0. The Morgan fingerprint density at radius 2 is 0.983 bits per heavy atom. The lowest BCUT2D eigenvalue weighted by molar-refractivity contribution is 0.654. The van der Waals surface area contributed by atoms with E-state index < -0.39 is 0 Å². The monoisotopic (exact) mass is 767 g/mol. The van der Waals surface area contributed by atoms with Crippen LogP contribution in [0.1, 0.15) is 0 Å². The molecule has 0 N–H and O–H groups in total. The number of rotatable bonds is 6. The third-order valence-electron chi connectivity index (χ3n) is 11.5. The lowest BCUT2D eigenvalue weighted by Crippen LogP contribution is -2.10. The van der Waals surface area contributed by atoms with Gasteiger partial charge in [0.15, 0.2) is 0 Å². The normalized spacial score (nSPS) is 11.7. The second-order valence-corrected chi connectivity index (χ2v) is 15.1. The molecule has 0 saturated carbocycles. The van der Waals surface area contributed by atoms with Crippen LogP contribution in [-0.2, 0) is 0 Å². The fourth-order valence-electron chi connectivity index (χ4n) is 8.47. The topological polar surface area (TPSA) is 67.9 Å². The Bertz CT molecular complexity index is 3610. The second kappa shape index (κ2) is 13.7. The first-order valence-electron chi connectivity index (χ1n) is 20.0. The fraction of sp³-hybridized carbons (Fsp3) is 0. The van der Waals surface area contributed by atoms with Crippen molar-refractivity contribution in [3.05, 3.63) is 200 Å². The molecule has 0 amide bonds. The number of hydrogen-bond acceptors (Lipinski definition) is 6. The van der Waals surface area contributed by atoms with Crippen LogP contribution < -0.4 is 4.90 Å². The van der Waals surface area contributed by atoms with Crippen LogP contribution in [-0.4, -0.2) is 19.9 Å². The van der Waals surface area contributed by atoms with E-state index in [2.05, 4.69) is 149 Å².